The van der Waals surface area contributed by atoms with E-state index in [-0.39, 0.29) is 39.0 Å². The quantitative estimate of drug-likeness (QED) is 0.239. The second-order valence-electron chi connectivity index (χ2n) is 15.0. The van der Waals surface area contributed by atoms with Crippen molar-refractivity contribution in [3.05, 3.63) is 77.1 Å². The summed E-state index contributed by atoms with van der Waals surface area (Å²) in [5.41, 5.74) is -0.697. The van der Waals surface area contributed by atoms with E-state index < -0.39 is 71.1 Å². The lowest BCUT2D eigenvalue weighted by Gasteiger charge is -2.58. The summed E-state index contributed by atoms with van der Waals surface area (Å²) in [5.74, 6) is 1.71. The Balaban J connectivity index is 1.18. The van der Waals surface area contributed by atoms with Crippen molar-refractivity contribution in [2.45, 2.75) is 82.0 Å². The molecule has 2 N–H and O–H groups in total. The Morgan fingerprint density at radius 2 is 1.61 bits per heavy atom. The van der Waals surface area contributed by atoms with Crippen LogP contribution >= 0.6 is 0 Å². The standard InChI is InChI=1S/C42H50O14/c1-25-34(51-17-9-12-29-18-30(19-33(48-3)56-29)52-21-27-13-15-28(47-2)16-14-27)35-37-40(31(43)20-32(44)41(37,23-53-35)38(45)49-4)24-55-42(36(25)40,39(46)50-5)54-22-26-10-7-6-8-11-26/h6-8,10-11,13-16,29-33,35-37,43-44H,17-24H2,1-5H3/t29-,30-,31+,32-,33+,35+,36+,37-,40-,41+,42+/m1/s1. The van der Waals surface area contributed by atoms with Gasteiger partial charge < -0.3 is 57.6 Å². The molecule has 0 bridgehead atoms. The average molecular weight is 779 g/mol. The minimum atomic E-state index is -2.06. The molecule has 302 valence electrons. The van der Waals surface area contributed by atoms with Gasteiger partial charge in [0, 0.05) is 37.7 Å². The van der Waals surface area contributed by atoms with Crippen molar-refractivity contribution in [2.24, 2.45) is 22.7 Å². The van der Waals surface area contributed by atoms with Crippen LogP contribution in [0, 0.1) is 34.5 Å². The molecule has 14 nitrogen and oxygen atoms in total. The molecule has 7 rings (SSSR count). The Hall–Kier alpha value is -4.04. The van der Waals surface area contributed by atoms with Crippen LogP contribution in [0.5, 0.6) is 5.75 Å². The molecule has 4 fully saturated rings. The molecule has 0 amide bonds. The summed E-state index contributed by atoms with van der Waals surface area (Å²) in [6, 6.07) is 16.9. The maximum atomic E-state index is 14.0. The second kappa shape index (κ2) is 16.4. The SMILES string of the molecule is COC(=O)[C@@]1(OCc2ccccc2)OC[C@]23[C@@H]1C(C)=C(OCC#C[C@@H]1C[C@@H](OCc4ccc(OC)cc4)C[C@@H](OC)O1)[C@@H]1OC[C@](C(=O)OC)([C@H](O)C[C@@H]2O)[C@H]13. The summed E-state index contributed by atoms with van der Waals surface area (Å²) in [5, 5.41) is 23.6. The molecule has 14 heteroatoms. The first-order chi connectivity index (χ1) is 27.1. The zero-order valence-corrected chi connectivity index (χ0v) is 32.3. The molecule has 56 heavy (non-hydrogen) atoms. The first-order valence-corrected chi connectivity index (χ1v) is 18.8. The summed E-state index contributed by atoms with van der Waals surface area (Å²) in [7, 11) is 5.67. The lowest BCUT2D eigenvalue weighted by atomic mass is 9.45. The topological polar surface area (TPSA) is 167 Å². The van der Waals surface area contributed by atoms with Crippen LogP contribution in [0.2, 0.25) is 0 Å². The van der Waals surface area contributed by atoms with Crippen molar-refractivity contribution >= 4 is 11.9 Å². The molecule has 0 radical (unpaired) electrons. The lowest BCUT2D eigenvalue weighted by molar-refractivity contribution is -0.248. The molecule has 0 aromatic heterocycles. The summed E-state index contributed by atoms with van der Waals surface area (Å²) < 4.78 is 59.4. The maximum absolute atomic E-state index is 14.0. The Labute approximate surface area is 326 Å². The number of ether oxygens (including phenoxy) is 10. The molecular weight excluding hydrogens is 728 g/mol. The van der Waals surface area contributed by atoms with Gasteiger partial charge in [0.1, 0.15) is 35.7 Å². The van der Waals surface area contributed by atoms with E-state index in [2.05, 4.69) is 11.8 Å². The number of carbonyl (C=O) groups excluding carboxylic acids is 2. The predicted molar refractivity (Wildman–Crippen MR) is 195 cm³/mol. The molecule has 3 saturated heterocycles. The zero-order valence-electron chi connectivity index (χ0n) is 32.3. The lowest BCUT2D eigenvalue weighted by Crippen LogP contribution is -2.69. The number of hydrogen-bond donors (Lipinski definition) is 2. The number of aliphatic hydroxyl groups is 2. The Kier molecular flexibility index (Phi) is 11.8. The van der Waals surface area contributed by atoms with Gasteiger partial charge in [-0.15, -0.1) is 0 Å². The van der Waals surface area contributed by atoms with Gasteiger partial charge in [-0.25, -0.2) is 4.79 Å². The van der Waals surface area contributed by atoms with E-state index in [1.54, 1.807) is 21.1 Å². The van der Waals surface area contributed by atoms with Crippen LogP contribution in [-0.2, 0) is 65.4 Å². The van der Waals surface area contributed by atoms with E-state index in [4.69, 9.17) is 47.4 Å². The Bertz CT molecular complexity index is 1820. The smallest absolute Gasteiger partial charge is 0.367 e. The van der Waals surface area contributed by atoms with Crippen LogP contribution in [0.3, 0.4) is 0 Å². The number of hydrogen-bond acceptors (Lipinski definition) is 14. The maximum Gasteiger partial charge on any atom is 0.367 e. The highest BCUT2D eigenvalue weighted by atomic mass is 16.7. The highest BCUT2D eigenvalue weighted by Gasteiger charge is 2.81. The van der Waals surface area contributed by atoms with Gasteiger partial charge in [0.15, 0.2) is 6.29 Å². The fourth-order valence-corrected chi connectivity index (χ4v) is 9.60. The van der Waals surface area contributed by atoms with E-state index in [1.807, 2.05) is 54.6 Å². The molecule has 5 aliphatic rings. The van der Waals surface area contributed by atoms with Crippen molar-refractivity contribution in [1.82, 2.24) is 0 Å². The largest absolute Gasteiger partial charge is 0.497 e. The van der Waals surface area contributed by atoms with Gasteiger partial charge in [-0.1, -0.05) is 54.3 Å². The molecule has 3 aliphatic heterocycles. The molecule has 1 saturated carbocycles. The first-order valence-electron chi connectivity index (χ1n) is 18.8. The van der Waals surface area contributed by atoms with Crippen molar-refractivity contribution in [2.75, 3.05) is 48.3 Å². The van der Waals surface area contributed by atoms with Gasteiger partial charge >= 0.3 is 11.9 Å². The van der Waals surface area contributed by atoms with E-state index >= 15 is 0 Å². The molecule has 2 aromatic carbocycles. The molecule has 3 heterocycles. The van der Waals surface area contributed by atoms with Crippen LogP contribution in [0.4, 0.5) is 0 Å². The van der Waals surface area contributed by atoms with Crippen molar-refractivity contribution in [3.63, 3.8) is 0 Å². The van der Waals surface area contributed by atoms with Crippen LogP contribution in [0.15, 0.2) is 65.9 Å². The summed E-state index contributed by atoms with van der Waals surface area (Å²) >= 11 is 0. The minimum Gasteiger partial charge on any atom is -0.497 e. The third-order valence-electron chi connectivity index (χ3n) is 12.2. The molecule has 1 spiro atoms. The van der Waals surface area contributed by atoms with Crippen LogP contribution in [-0.4, -0.2) is 113 Å². The summed E-state index contributed by atoms with van der Waals surface area (Å²) in [6.07, 6.45) is -3.88. The van der Waals surface area contributed by atoms with E-state index in [0.29, 0.717) is 30.8 Å². The number of benzene rings is 2. The number of rotatable bonds is 12. The van der Waals surface area contributed by atoms with Crippen molar-refractivity contribution in [3.8, 4) is 17.6 Å². The molecular formula is C42H50O14. The van der Waals surface area contributed by atoms with Gasteiger partial charge in [0.05, 0.1) is 72.0 Å². The summed E-state index contributed by atoms with van der Waals surface area (Å²) in [6.45, 7) is 1.59. The minimum absolute atomic E-state index is 0.0302. The number of esters is 2. The normalized spacial score (nSPS) is 35.8. The average Bonchev–Trinajstić information content (AvgIpc) is 3.81. The second-order valence-corrected chi connectivity index (χ2v) is 15.0. The van der Waals surface area contributed by atoms with Crippen molar-refractivity contribution in [1.29, 1.82) is 0 Å². The van der Waals surface area contributed by atoms with E-state index in [0.717, 1.165) is 16.9 Å². The van der Waals surface area contributed by atoms with Crippen LogP contribution < -0.4 is 4.74 Å². The Morgan fingerprint density at radius 1 is 0.875 bits per heavy atom. The number of carbonyl (C=O) groups is 2. The van der Waals surface area contributed by atoms with Crippen molar-refractivity contribution < 1.29 is 67.2 Å². The Morgan fingerprint density at radius 3 is 2.30 bits per heavy atom. The molecule has 2 aromatic rings. The predicted octanol–water partition coefficient (Wildman–Crippen LogP) is 3.06. The molecule has 2 aliphatic carbocycles. The van der Waals surface area contributed by atoms with Gasteiger partial charge in [-0.3, -0.25) is 4.79 Å². The van der Waals surface area contributed by atoms with Crippen LogP contribution in [0.1, 0.15) is 37.3 Å². The third kappa shape index (κ3) is 6.77. The number of methoxy groups -OCH3 is 4. The number of aliphatic hydroxyl groups excluding tert-OH is 2. The highest BCUT2D eigenvalue weighted by Crippen LogP contribution is 2.70. The van der Waals surface area contributed by atoms with Gasteiger partial charge in [-0.2, -0.15) is 0 Å². The van der Waals surface area contributed by atoms with E-state index in [1.165, 1.54) is 14.2 Å². The zero-order chi connectivity index (χ0) is 39.7. The molecule has 0 unspecified atom stereocenters. The highest BCUT2D eigenvalue weighted by molar-refractivity contribution is 5.82. The summed E-state index contributed by atoms with van der Waals surface area (Å²) in [4.78, 5) is 27.8. The first kappa shape index (κ1) is 40.2. The molecule has 11 atom stereocenters. The van der Waals surface area contributed by atoms with Gasteiger partial charge in [0.25, 0.3) is 5.79 Å². The van der Waals surface area contributed by atoms with Gasteiger partial charge in [-0.05, 0) is 35.8 Å². The third-order valence-corrected chi connectivity index (χ3v) is 12.2. The van der Waals surface area contributed by atoms with Crippen LogP contribution in [0.25, 0.3) is 0 Å². The monoisotopic (exact) mass is 778 g/mol. The fraction of sp³-hybridized carbons (Fsp3) is 0.571. The van der Waals surface area contributed by atoms with E-state index in [9.17, 15) is 19.8 Å². The van der Waals surface area contributed by atoms with Gasteiger partial charge in [0.2, 0.25) is 0 Å². The fourth-order valence-electron chi connectivity index (χ4n) is 9.60.